The number of aliphatic carboxylic acids is 1. The zero-order valence-corrected chi connectivity index (χ0v) is 21.3. The van der Waals surface area contributed by atoms with Crippen LogP contribution >= 0.6 is 0 Å². The van der Waals surface area contributed by atoms with Crippen molar-refractivity contribution in [3.05, 3.63) is 11.6 Å². The molecule has 4 fully saturated rings. The van der Waals surface area contributed by atoms with Crippen molar-refractivity contribution in [3.8, 4) is 0 Å². The topological polar surface area (TPSA) is 183 Å². The Morgan fingerprint density at radius 2 is 1.78 bits per heavy atom. The van der Waals surface area contributed by atoms with Crippen LogP contribution in [-0.2, 0) is 42.9 Å². The number of Topliss-reactive ketones (excluding diaryl/α,β-unsaturated/α-hetero) is 1. The van der Waals surface area contributed by atoms with Gasteiger partial charge in [0, 0.05) is 23.3 Å². The zero-order chi connectivity index (χ0) is 27.7. The van der Waals surface area contributed by atoms with Gasteiger partial charge in [0.1, 0.15) is 18.0 Å². The van der Waals surface area contributed by atoms with E-state index in [4.69, 9.17) is 18.9 Å². The standard InChI is InChI=1S/C25H32O12/c1-10(2)6-15(29)37-17-19-24-9-35-25(19,22(33)34-5)20(31)16(30)18(24)23(4,8-14(27)28)12(11(3)26)7-13(24)36-21(17)32/h6,12-13,16-20,30-31H,7-9H2,1-5H3,(H,27,28)/t12-,13+,16+,17+,18+,19+,20-,23-,24+,25+/m0/s1. The van der Waals surface area contributed by atoms with E-state index >= 15 is 0 Å². The van der Waals surface area contributed by atoms with E-state index < -0.39 is 88.9 Å². The first kappa shape index (κ1) is 27.2. The third-order valence-electron chi connectivity index (χ3n) is 8.81. The van der Waals surface area contributed by atoms with E-state index in [2.05, 4.69) is 0 Å². The quantitative estimate of drug-likeness (QED) is 0.236. The Morgan fingerprint density at radius 1 is 1.14 bits per heavy atom. The van der Waals surface area contributed by atoms with E-state index in [1.165, 1.54) is 13.8 Å². The van der Waals surface area contributed by atoms with Gasteiger partial charge in [-0.2, -0.15) is 0 Å². The van der Waals surface area contributed by atoms with E-state index in [1.54, 1.807) is 13.8 Å². The number of aliphatic hydroxyl groups excluding tert-OH is 2. The summed E-state index contributed by atoms with van der Waals surface area (Å²) in [6.07, 6.45) is -6.13. The van der Waals surface area contributed by atoms with Crippen molar-refractivity contribution in [2.24, 2.45) is 28.6 Å². The molecule has 10 atom stereocenters. The number of carbonyl (C=O) groups is 5. The van der Waals surface area contributed by atoms with Crippen LogP contribution in [0.5, 0.6) is 0 Å². The van der Waals surface area contributed by atoms with Gasteiger partial charge in [-0.1, -0.05) is 12.5 Å². The molecule has 204 valence electrons. The summed E-state index contributed by atoms with van der Waals surface area (Å²) >= 11 is 0. The maximum absolute atomic E-state index is 13.3. The van der Waals surface area contributed by atoms with Crippen molar-refractivity contribution >= 4 is 29.7 Å². The molecule has 0 aromatic rings. The SMILES string of the molecule is COC(=O)[C@]12OC[C@]34[C@H]([C@@H](O)[C@@H]1O)[C@@](C)(CC(=O)O)[C@H](C(C)=O)C[C@H]3OC(=O)[C@H](OC(=O)C=C(C)C)[C@@H]24. The molecule has 12 nitrogen and oxygen atoms in total. The lowest BCUT2D eigenvalue weighted by Gasteiger charge is -2.66. The molecule has 0 amide bonds. The Bertz CT molecular complexity index is 1080. The number of hydrogen-bond donors (Lipinski definition) is 3. The van der Waals surface area contributed by atoms with Crippen LogP contribution in [-0.4, -0.2) is 88.7 Å². The molecule has 0 aromatic heterocycles. The Balaban J connectivity index is 1.99. The molecule has 12 heteroatoms. The molecule has 2 bridgehead atoms. The molecule has 0 unspecified atom stereocenters. The fourth-order valence-corrected chi connectivity index (χ4v) is 7.72. The molecule has 1 spiro atoms. The predicted molar refractivity (Wildman–Crippen MR) is 120 cm³/mol. The molecule has 0 aromatic carbocycles. The van der Waals surface area contributed by atoms with Gasteiger partial charge in [0.05, 0.1) is 32.2 Å². The third kappa shape index (κ3) is 3.56. The summed E-state index contributed by atoms with van der Waals surface area (Å²) in [5, 5.41) is 32.7. The van der Waals surface area contributed by atoms with Crippen LogP contribution in [0.4, 0.5) is 0 Å². The Morgan fingerprint density at radius 3 is 2.32 bits per heavy atom. The molecule has 2 saturated carbocycles. The van der Waals surface area contributed by atoms with Crippen LogP contribution in [0.1, 0.15) is 40.5 Å². The number of rotatable bonds is 6. The van der Waals surface area contributed by atoms with Crippen molar-refractivity contribution in [1.29, 1.82) is 0 Å². The van der Waals surface area contributed by atoms with Gasteiger partial charge in [-0.05, 0) is 32.6 Å². The summed E-state index contributed by atoms with van der Waals surface area (Å²) < 4.78 is 22.1. The summed E-state index contributed by atoms with van der Waals surface area (Å²) in [4.78, 5) is 63.9. The monoisotopic (exact) mass is 524 g/mol. The van der Waals surface area contributed by atoms with Gasteiger partial charge in [-0.3, -0.25) is 9.59 Å². The van der Waals surface area contributed by atoms with Gasteiger partial charge < -0.3 is 34.3 Å². The second kappa shape index (κ2) is 8.88. The summed E-state index contributed by atoms with van der Waals surface area (Å²) in [5.41, 5.74) is -4.67. The number of carboxylic acids is 1. The fourth-order valence-electron chi connectivity index (χ4n) is 7.72. The van der Waals surface area contributed by atoms with Gasteiger partial charge in [-0.25, -0.2) is 14.4 Å². The molecule has 4 aliphatic rings. The minimum Gasteiger partial charge on any atom is -0.481 e. The van der Waals surface area contributed by atoms with E-state index in [-0.39, 0.29) is 18.8 Å². The van der Waals surface area contributed by atoms with Gasteiger partial charge >= 0.3 is 23.9 Å². The lowest BCUT2D eigenvalue weighted by molar-refractivity contribution is -0.290. The minimum absolute atomic E-state index is 0.101. The number of methoxy groups -OCH3 is 1. The van der Waals surface area contributed by atoms with Crippen LogP contribution in [0.25, 0.3) is 0 Å². The molecular formula is C25H32O12. The summed E-state index contributed by atoms with van der Waals surface area (Å²) in [5.74, 6) is -8.18. The molecule has 4 rings (SSSR count). The number of aliphatic hydroxyl groups is 2. The molecular weight excluding hydrogens is 492 g/mol. The maximum Gasteiger partial charge on any atom is 0.348 e. The fraction of sp³-hybridized carbons (Fsp3) is 0.720. The van der Waals surface area contributed by atoms with Crippen LogP contribution in [0, 0.1) is 28.6 Å². The van der Waals surface area contributed by atoms with E-state index in [0.717, 1.165) is 13.2 Å². The number of carboxylic acid groups (broad SMARTS) is 1. The van der Waals surface area contributed by atoms with Crippen LogP contribution < -0.4 is 0 Å². The predicted octanol–water partition coefficient (Wildman–Crippen LogP) is -0.224. The first-order valence-corrected chi connectivity index (χ1v) is 12.0. The highest BCUT2D eigenvalue weighted by atomic mass is 16.6. The van der Waals surface area contributed by atoms with E-state index in [0.29, 0.717) is 5.57 Å². The molecule has 37 heavy (non-hydrogen) atoms. The largest absolute Gasteiger partial charge is 0.481 e. The molecule has 0 radical (unpaired) electrons. The number of ether oxygens (including phenoxy) is 4. The first-order chi connectivity index (χ1) is 17.2. The molecule has 2 aliphatic carbocycles. The number of hydrogen-bond acceptors (Lipinski definition) is 11. The Hall–Kier alpha value is -2.83. The number of ketones is 1. The van der Waals surface area contributed by atoms with Crippen molar-refractivity contribution in [1.82, 2.24) is 0 Å². The third-order valence-corrected chi connectivity index (χ3v) is 8.81. The van der Waals surface area contributed by atoms with Gasteiger partial charge in [-0.15, -0.1) is 0 Å². The Kier molecular flexibility index (Phi) is 6.53. The Labute approximate surface area is 212 Å². The summed E-state index contributed by atoms with van der Waals surface area (Å²) in [6, 6.07) is 0. The zero-order valence-electron chi connectivity index (χ0n) is 21.3. The maximum atomic E-state index is 13.3. The van der Waals surface area contributed by atoms with Crippen molar-refractivity contribution < 1.29 is 58.2 Å². The normalized spacial score (nSPS) is 43.6. The highest BCUT2D eigenvalue weighted by molar-refractivity contribution is 5.90. The second-order valence-corrected chi connectivity index (χ2v) is 11.1. The van der Waals surface area contributed by atoms with Crippen molar-refractivity contribution in [2.75, 3.05) is 13.7 Å². The lowest BCUT2D eigenvalue weighted by atomic mass is 9.39. The first-order valence-electron chi connectivity index (χ1n) is 12.0. The highest BCUT2D eigenvalue weighted by Gasteiger charge is 2.85. The number of allylic oxidation sites excluding steroid dienone is 1. The number of esters is 3. The summed E-state index contributed by atoms with van der Waals surface area (Å²) in [6.45, 7) is 5.73. The van der Waals surface area contributed by atoms with Crippen molar-refractivity contribution in [3.63, 3.8) is 0 Å². The van der Waals surface area contributed by atoms with Gasteiger partial charge in [0.2, 0.25) is 11.7 Å². The van der Waals surface area contributed by atoms with Gasteiger partial charge in [0.15, 0.2) is 0 Å². The van der Waals surface area contributed by atoms with E-state index in [9.17, 15) is 39.3 Å². The van der Waals surface area contributed by atoms with Crippen LogP contribution in [0.3, 0.4) is 0 Å². The highest BCUT2D eigenvalue weighted by Crippen LogP contribution is 2.71. The molecule has 2 heterocycles. The minimum atomic E-state index is -2.31. The van der Waals surface area contributed by atoms with Crippen molar-refractivity contribution in [2.45, 2.75) is 70.6 Å². The van der Waals surface area contributed by atoms with Crippen LogP contribution in [0.15, 0.2) is 11.6 Å². The lowest BCUT2D eigenvalue weighted by Crippen LogP contribution is -2.79. The molecule has 2 saturated heterocycles. The average molecular weight is 525 g/mol. The number of carbonyl (C=O) groups excluding carboxylic acids is 4. The average Bonchev–Trinajstić information content (AvgIpc) is 3.08. The van der Waals surface area contributed by atoms with E-state index in [1.807, 2.05) is 0 Å². The molecule has 3 N–H and O–H groups in total. The van der Waals surface area contributed by atoms with Crippen LogP contribution in [0.2, 0.25) is 0 Å². The molecule has 2 aliphatic heterocycles. The second-order valence-electron chi connectivity index (χ2n) is 11.1. The summed E-state index contributed by atoms with van der Waals surface area (Å²) in [7, 11) is 1.04. The smallest absolute Gasteiger partial charge is 0.348 e. The van der Waals surface area contributed by atoms with Gasteiger partial charge in [0.25, 0.3) is 0 Å².